The van der Waals surface area contributed by atoms with Gasteiger partial charge in [-0.25, -0.2) is 0 Å². The molecule has 0 rings (SSSR count). The second-order valence-corrected chi connectivity index (χ2v) is 24.3. The molecule has 0 heterocycles. The summed E-state index contributed by atoms with van der Waals surface area (Å²) in [4.78, 5) is 24.7. The first-order valence-corrected chi connectivity index (χ1v) is 36.7. The van der Waals surface area contributed by atoms with E-state index in [1.807, 2.05) is 0 Å². The van der Waals surface area contributed by atoms with Crippen LogP contribution in [0.4, 0.5) is 0 Å². The molecule has 0 aliphatic rings. The average molecular weight is 1190 g/mol. The number of carbonyl (C=O) groups excluding carboxylic acids is 2. The van der Waals surface area contributed by atoms with Crippen molar-refractivity contribution in [3.63, 3.8) is 0 Å². The zero-order valence-electron chi connectivity index (χ0n) is 56.5. The van der Waals surface area contributed by atoms with Crippen molar-refractivity contribution in [1.82, 2.24) is 0 Å². The Kier molecular flexibility index (Phi) is 71.8. The van der Waals surface area contributed by atoms with Gasteiger partial charge in [0.05, 0.1) is 6.61 Å². The van der Waals surface area contributed by atoms with Crippen molar-refractivity contribution in [2.75, 3.05) is 13.2 Å². The van der Waals surface area contributed by atoms with Gasteiger partial charge in [-0.2, -0.15) is 0 Å². The van der Waals surface area contributed by atoms with Gasteiger partial charge >= 0.3 is 11.9 Å². The molecule has 1 N–H and O–H groups in total. The summed E-state index contributed by atoms with van der Waals surface area (Å²) in [6.07, 6.45) is 112. The number of ether oxygens (including phenoxy) is 2. The Bertz CT molecular complexity index is 1730. The molecule has 0 radical (unpaired) electrons. The molecule has 1 unspecified atom stereocenters. The summed E-state index contributed by atoms with van der Waals surface area (Å²) in [6.45, 7) is 3.94. The van der Waals surface area contributed by atoms with Gasteiger partial charge in [0.2, 0.25) is 0 Å². The fourth-order valence-corrected chi connectivity index (χ4v) is 10.5. The Morgan fingerprint density at radius 1 is 0.267 bits per heavy atom. The predicted octanol–water partition coefficient (Wildman–Crippen LogP) is 25.9. The van der Waals surface area contributed by atoms with Crippen molar-refractivity contribution in [3.05, 3.63) is 134 Å². The van der Waals surface area contributed by atoms with E-state index in [0.29, 0.717) is 12.8 Å². The van der Waals surface area contributed by atoms with E-state index in [9.17, 15) is 14.7 Å². The number of carbonyl (C=O) groups is 2. The minimum absolute atomic E-state index is 0.0676. The third-order valence-corrected chi connectivity index (χ3v) is 15.9. The lowest BCUT2D eigenvalue weighted by molar-refractivity contribution is -0.161. The van der Waals surface area contributed by atoms with Crippen LogP contribution in [0, 0.1) is 0 Å². The molecule has 0 bridgehead atoms. The van der Waals surface area contributed by atoms with Crippen molar-refractivity contribution >= 4 is 11.9 Å². The smallest absolute Gasteiger partial charge is 0.306 e. The Labute approximate surface area is 534 Å². The standard InChI is InChI=1S/C81H138O5/c1-3-5-7-9-11-13-15-17-19-21-23-25-27-29-31-33-35-37-39-40-42-43-45-47-49-51-53-55-57-59-61-63-65-67-69-71-73-75-80(83)85-78-79(77-82)86-81(84)76-74-72-70-68-66-64-62-60-58-56-54-52-50-48-46-44-41-38-36-34-32-30-28-26-24-22-20-18-16-14-12-10-8-6-4-2/h5-8,11-14,17-20,23-26,30,32,36,38,44,46,79,82H,3-4,9-10,15-16,21-22,27-29,31,33-35,37,39-43,45,47-78H2,1-2H3/b7-5-,8-6-,13-11-,14-12-,19-17-,20-18-,25-23-,26-24-,32-30-,38-36-,46-44-. The highest BCUT2D eigenvalue weighted by Crippen LogP contribution is 2.18. The van der Waals surface area contributed by atoms with Gasteiger partial charge in [-0.05, 0) is 109 Å². The molecule has 5 nitrogen and oxygen atoms in total. The number of rotatable bonds is 67. The first kappa shape index (κ1) is 82.0. The molecule has 0 aromatic carbocycles. The van der Waals surface area contributed by atoms with Crippen LogP contribution in [0.15, 0.2) is 134 Å². The summed E-state index contributed by atoms with van der Waals surface area (Å²) < 4.78 is 10.8. The summed E-state index contributed by atoms with van der Waals surface area (Å²) in [5, 5.41) is 9.72. The van der Waals surface area contributed by atoms with Crippen LogP contribution in [0.1, 0.15) is 348 Å². The molecular formula is C81H138O5. The van der Waals surface area contributed by atoms with Gasteiger partial charge in [0.25, 0.3) is 0 Å². The summed E-state index contributed by atoms with van der Waals surface area (Å²) >= 11 is 0. The number of aliphatic hydroxyl groups is 1. The van der Waals surface area contributed by atoms with Crippen LogP contribution in [0.25, 0.3) is 0 Å². The zero-order valence-corrected chi connectivity index (χ0v) is 56.5. The molecule has 0 aliphatic carbocycles. The summed E-state index contributed by atoms with van der Waals surface area (Å²) in [6, 6.07) is 0. The van der Waals surface area contributed by atoms with Crippen LogP contribution in [0.2, 0.25) is 0 Å². The van der Waals surface area contributed by atoms with E-state index < -0.39 is 6.10 Å². The molecule has 0 saturated heterocycles. The van der Waals surface area contributed by atoms with E-state index in [0.717, 1.165) is 109 Å². The van der Waals surface area contributed by atoms with Crippen molar-refractivity contribution in [2.24, 2.45) is 0 Å². The summed E-state index contributed by atoms with van der Waals surface area (Å²) in [7, 11) is 0. The lowest BCUT2D eigenvalue weighted by atomic mass is 10.0. The Balaban J connectivity index is 3.45. The third kappa shape index (κ3) is 72.5. The Morgan fingerprint density at radius 3 is 0.698 bits per heavy atom. The van der Waals surface area contributed by atoms with Crippen LogP contribution in [-0.4, -0.2) is 36.4 Å². The lowest BCUT2D eigenvalue weighted by Gasteiger charge is -2.15. The molecule has 0 aromatic heterocycles. The van der Waals surface area contributed by atoms with E-state index in [4.69, 9.17) is 9.47 Å². The number of esters is 2. The van der Waals surface area contributed by atoms with Crippen LogP contribution < -0.4 is 0 Å². The van der Waals surface area contributed by atoms with Crippen LogP contribution in [0.5, 0.6) is 0 Å². The van der Waals surface area contributed by atoms with Crippen molar-refractivity contribution in [3.8, 4) is 0 Å². The van der Waals surface area contributed by atoms with Gasteiger partial charge in [0, 0.05) is 12.8 Å². The minimum Gasteiger partial charge on any atom is -0.462 e. The van der Waals surface area contributed by atoms with Gasteiger partial charge in [0.15, 0.2) is 6.10 Å². The van der Waals surface area contributed by atoms with Gasteiger partial charge in [-0.3, -0.25) is 9.59 Å². The van der Waals surface area contributed by atoms with Gasteiger partial charge < -0.3 is 14.6 Å². The number of unbranched alkanes of at least 4 members (excludes halogenated alkanes) is 37. The number of aliphatic hydroxyl groups excluding tert-OH is 1. The monoisotopic (exact) mass is 1190 g/mol. The first-order chi connectivity index (χ1) is 42.6. The molecule has 492 valence electrons. The SMILES string of the molecule is CC/C=C\C/C=C\C/C=C\C/C=C\C/C=C\C/C=C\C/C=C\CCCCCCCCCCCCCCCC(=O)OC(CO)COC(=O)CCCCCCCCCCCCCCCCCCCCCCCCCC/C=C\C/C=C\C/C=C\C/C=C\CC. The van der Waals surface area contributed by atoms with Gasteiger partial charge in [-0.15, -0.1) is 0 Å². The predicted molar refractivity (Wildman–Crippen MR) is 380 cm³/mol. The molecule has 0 aromatic rings. The van der Waals surface area contributed by atoms with Gasteiger partial charge in [-0.1, -0.05) is 359 Å². The first-order valence-electron chi connectivity index (χ1n) is 36.7. The molecular weight excluding hydrogens is 1050 g/mol. The highest BCUT2D eigenvalue weighted by Gasteiger charge is 2.16. The van der Waals surface area contributed by atoms with E-state index in [2.05, 4.69) is 148 Å². The minimum atomic E-state index is -0.780. The zero-order chi connectivity index (χ0) is 61.9. The summed E-state index contributed by atoms with van der Waals surface area (Å²) in [5.41, 5.74) is 0. The quantitative estimate of drug-likeness (QED) is 0.0373. The fraction of sp³-hybridized carbons (Fsp3) is 0.704. The normalized spacial score (nSPS) is 13.0. The number of allylic oxidation sites excluding steroid dienone is 22. The highest BCUT2D eigenvalue weighted by molar-refractivity contribution is 5.70. The van der Waals surface area contributed by atoms with Crippen molar-refractivity contribution in [1.29, 1.82) is 0 Å². The third-order valence-electron chi connectivity index (χ3n) is 15.9. The molecule has 0 aliphatic heterocycles. The molecule has 0 saturated carbocycles. The second-order valence-electron chi connectivity index (χ2n) is 24.3. The Morgan fingerprint density at radius 2 is 0.465 bits per heavy atom. The topological polar surface area (TPSA) is 72.8 Å². The average Bonchev–Trinajstić information content (AvgIpc) is 3.55. The molecule has 1 atom stereocenters. The molecule has 0 amide bonds. The largest absolute Gasteiger partial charge is 0.462 e. The van der Waals surface area contributed by atoms with E-state index in [1.165, 1.54) is 212 Å². The maximum atomic E-state index is 12.4. The molecule has 86 heavy (non-hydrogen) atoms. The van der Waals surface area contributed by atoms with E-state index in [1.54, 1.807) is 0 Å². The maximum Gasteiger partial charge on any atom is 0.306 e. The van der Waals surface area contributed by atoms with Crippen molar-refractivity contribution in [2.45, 2.75) is 354 Å². The highest BCUT2D eigenvalue weighted by atomic mass is 16.6. The second kappa shape index (κ2) is 75.3. The number of hydrogen-bond donors (Lipinski definition) is 1. The molecule has 0 spiro atoms. The lowest BCUT2D eigenvalue weighted by Crippen LogP contribution is -2.28. The van der Waals surface area contributed by atoms with Crippen molar-refractivity contribution < 1.29 is 24.2 Å². The number of hydrogen-bond acceptors (Lipinski definition) is 5. The van der Waals surface area contributed by atoms with Gasteiger partial charge in [0.1, 0.15) is 6.61 Å². The summed E-state index contributed by atoms with van der Waals surface area (Å²) in [5.74, 6) is -0.581. The van der Waals surface area contributed by atoms with Crippen LogP contribution in [0.3, 0.4) is 0 Å². The molecule has 0 fully saturated rings. The van der Waals surface area contributed by atoms with E-state index >= 15 is 0 Å². The molecule has 5 heteroatoms. The van der Waals surface area contributed by atoms with E-state index in [-0.39, 0.29) is 25.2 Å². The maximum absolute atomic E-state index is 12.4. The Hall–Kier alpha value is -3.96. The van der Waals surface area contributed by atoms with Crippen LogP contribution in [-0.2, 0) is 19.1 Å². The fourth-order valence-electron chi connectivity index (χ4n) is 10.5. The van der Waals surface area contributed by atoms with Crippen LogP contribution >= 0.6 is 0 Å².